The van der Waals surface area contributed by atoms with Crippen molar-refractivity contribution in [2.75, 3.05) is 7.05 Å². The van der Waals surface area contributed by atoms with E-state index in [1.807, 2.05) is 39.0 Å². The van der Waals surface area contributed by atoms with E-state index < -0.39 is 0 Å². The number of rotatable bonds is 7. The molecule has 0 fully saturated rings. The molecule has 0 saturated heterocycles. The van der Waals surface area contributed by atoms with Crippen LogP contribution in [0.15, 0.2) is 30.3 Å². The van der Waals surface area contributed by atoms with Crippen molar-refractivity contribution in [3.63, 3.8) is 0 Å². The first kappa shape index (κ1) is 16.7. The van der Waals surface area contributed by atoms with E-state index in [9.17, 15) is 4.79 Å². The number of carbonyl (C=O) groups excluding carboxylic acids is 1. The van der Waals surface area contributed by atoms with E-state index in [1.54, 1.807) is 7.05 Å². The molecule has 1 aromatic rings. The van der Waals surface area contributed by atoms with Gasteiger partial charge in [-0.15, -0.1) is 0 Å². The Balaban J connectivity index is 2.81. The zero-order valence-electron chi connectivity index (χ0n) is 12.8. The van der Waals surface area contributed by atoms with Crippen LogP contribution in [0, 0.1) is 0 Å². The largest absolute Gasteiger partial charge is 0.462 e. The Morgan fingerprint density at radius 2 is 1.85 bits per heavy atom. The summed E-state index contributed by atoms with van der Waals surface area (Å²) in [5.41, 5.74) is 7.25. The van der Waals surface area contributed by atoms with Gasteiger partial charge in [0, 0.05) is 12.0 Å². The van der Waals surface area contributed by atoms with Crippen molar-refractivity contribution < 1.29 is 9.53 Å². The molecule has 0 heterocycles. The lowest BCUT2D eigenvalue weighted by Crippen LogP contribution is -2.40. The SMILES string of the molecule is CN[C@@H](C[C@H](c1ccccc1)[C@@H](C)N)C(=O)OC(C)C. The van der Waals surface area contributed by atoms with E-state index in [0.29, 0.717) is 6.42 Å². The number of hydrogen-bond donors (Lipinski definition) is 2. The van der Waals surface area contributed by atoms with Crippen LogP contribution in [0.1, 0.15) is 38.7 Å². The van der Waals surface area contributed by atoms with Gasteiger partial charge < -0.3 is 15.8 Å². The molecule has 1 rings (SSSR count). The molecule has 0 aliphatic heterocycles. The number of esters is 1. The maximum Gasteiger partial charge on any atom is 0.323 e. The first-order chi connectivity index (χ1) is 9.45. The van der Waals surface area contributed by atoms with Crippen molar-refractivity contribution in [3.05, 3.63) is 35.9 Å². The highest BCUT2D eigenvalue weighted by Gasteiger charge is 2.26. The second-order valence-corrected chi connectivity index (χ2v) is 5.44. The molecule has 112 valence electrons. The van der Waals surface area contributed by atoms with Crippen LogP contribution in [-0.4, -0.2) is 31.2 Å². The molecule has 0 bridgehead atoms. The molecule has 0 aliphatic carbocycles. The maximum atomic E-state index is 12.0. The molecule has 0 amide bonds. The molecule has 20 heavy (non-hydrogen) atoms. The summed E-state index contributed by atoms with van der Waals surface area (Å²) in [6, 6.07) is 9.69. The van der Waals surface area contributed by atoms with Gasteiger partial charge in [-0.25, -0.2) is 0 Å². The highest BCUT2D eigenvalue weighted by Crippen LogP contribution is 2.24. The molecule has 4 heteroatoms. The number of benzene rings is 1. The van der Waals surface area contributed by atoms with Crippen molar-refractivity contribution in [2.24, 2.45) is 5.73 Å². The molecule has 0 radical (unpaired) electrons. The second kappa shape index (κ2) is 8.02. The minimum atomic E-state index is -0.339. The molecule has 0 unspecified atom stereocenters. The fourth-order valence-corrected chi connectivity index (χ4v) is 2.25. The van der Waals surface area contributed by atoms with E-state index in [-0.39, 0.29) is 30.1 Å². The van der Waals surface area contributed by atoms with Gasteiger partial charge in [0.1, 0.15) is 6.04 Å². The van der Waals surface area contributed by atoms with Gasteiger partial charge in [-0.05, 0) is 39.8 Å². The summed E-state index contributed by atoms with van der Waals surface area (Å²) >= 11 is 0. The minimum absolute atomic E-state index is 0.0277. The number of hydrogen-bond acceptors (Lipinski definition) is 4. The third-order valence-corrected chi connectivity index (χ3v) is 3.34. The summed E-state index contributed by atoms with van der Waals surface area (Å²) in [6.45, 7) is 5.67. The maximum absolute atomic E-state index is 12.0. The van der Waals surface area contributed by atoms with Crippen LogP contribution < -0.4 is 11.1 Å². The smallest absolute Gasteiger partial charge is 0.323 e. The Labute approximate surface area is 121 Å². The van der Waals surface area contributed by atoms with Crippen molar-refractivity contribution >= 4 is 5.97 Å². The van der Waals surface area contributed by atoms with Gasteiger partial charge in [-0.3, -0.25) is 4.79 Å². The molecule has 1 aromatic carbocycles. The molecule has 0 saturated carbocycles. The van der Waals surface area contributed by atoms with Crippen LogP contribution in [0.25, 0.3) is 0 Å². The number of nitrogens with two attached hydrogens (primary N) is 1. The predicted octanol–water partition coefficient (Wildman–Crippen LogP) is 2.05. The van der Waals surface area contributed by atoms with Gasteiger partial charge in [0.05, 0.1) is 6.10 Å². The molecular formula is C16H26N2O2. The average Bonchev–Trinajstić information content (AvgIpc) is 2.39. The number of nitrogens with one attached hydrogen (secondary N) is 1. The van der Waals surface area contributed by atoms with Crippen LogP contribution >= 0.6 is 0 Å². The van der Waals surface area contributed by atoms with Crippen LogP contribution in [0.4, 0.5) is 0 Å². The van der Waals surface area contributed by atoms with Crippen molar-refractivity contribution in [3.8, 4) is 0 Å². The van der Waals surface area contributed by atoms with Gasteiger partial charge in [0.25, 0.3) is 0 Å². The third-order valence-electron chi connectivity index (χ3n) is 3.34. The van der Waals surface area contributed by atoms with Gasteiger partial charge >= 0.3 is 5.97 Å². The quantitative estimate of drug-likeness (QED) is 0.749. The normalized spacial score (nSPS) is 15.7. The predicted molar refractivity (Wildman–Crippen MR) is 81.5 cm³/mol. The zero-order valence-corrected chi connectivity index (χ0v) is 12.8. The highest BCUT2D eigenvalue weighted by atomic mass is 16.5. The molecule has 0 aromatic heterocycles. The van der Waals surface area contributed by atoms with E-state index in [2.05, 4.69) is 17.4 Å². The Hall–Kier alpha value is -1.39. The minimum Gasteiger partial charge on any atom is -0.462 e. The number of ether oxygens (including phenoxy) is 1. The van der Waals surface area contributed by atoms with E-state index in [0.717, 1.165) is 5.56 Å². The summed E-state index contributed by atoms with van der Waals surface area (Å²) in [7, 11) is 1.77. The van der Waals surface area contributed by atoms with Crippen molar-refractivity contribution in [1.29, 1.82) is 0 Å². The van der Waals surface area contributed by atoms with Gasteiger partial charge in [0.2, 0.25) is 0 Å². The highest BCUT2D eigenvalue weighted by molar-refractivity contribution is 5.76. The van der Waals surface area contributed by atoms with E-state index >= 15 is 0 Å². The van der Waals surface area contributed by atoms with Crippen molar-refractivity contribution in [1.82, 2.24) is 5.32 Å². The van der Waals surface area contributed by atoms with Crippen molar-refractivity contribution in [2.45, 2.75) is 51.3 Å². The Kier molecular flexibility index (Phi) is 6.68. The van der Waals surface area contributed by atoms with Crippen LogP contribution in [-0.2, 0) is 9.53 Å². The summed E-state index contributed by atoms with van der Waals surface area (Å²) in [6.07, 6.45) is 0.521. The molecule has 3 N–H and O–H groups in total. The summed E-state index contributed by atoms with van der Waals surface area (Å²) in [5, 5.41) is 3.03. The average molecular weight is 278 g/mol. The Morgan fingerprint density at radius 1 is 1.25 bits per heavy atom. The monoisotopic (exact) mass is 278 g/mol. The van der Waals surface area contributed by atoms with Gasteiger partial charge in [-0.1, -0.05) is 30.3 Å². The lowest BCUT2D eigenvalue weighted by molar-refractivity contribution is -0.150. The van der Waals surface area contributed by atoms with E-state index in [1.165, 1.54) is 0 Å². The summed E-state index contributed by atoms with van der Waals surface area (Å²) in [5.74, 6) is -0.0996. The fourth-order valence-electron chi connectivity index (χ4n) is 2.25. The molecular weight excluding hydrogens is 252 g/mol. The Morgan fingerprint density at radius 3 is 2.30 bits per heavy atom. The summed E-state index contributed by atoms with van der Waals surface area (Å²) < 4.78 is 5.28. The lowest BCUT2D eigenvalue weighted by Gasteiger charge is -2.26. The first-order valence-corrected chi connectivity index (χ1v) is 7.14. The van der Waals surface area contributed by atoms with Crippen LogP contribution in [0.2, 0.25) is 0 Å². The molecule has 0 aliphatic rings. The summed E-state index contributed by atoms with van der Waals surface area (Å²) in [4.78, 5) is 12.0. The molecule has 0 spiro atoms. The second-order valence-electron chi connectivity index (χ2n) is 5.44. The number of carbonyl (C=O) groups is 1. The number of likely N-dealkylation sites (N-methyl/N-ethyl adjacent to an activating group) is 1. The topological polar surface area (TPSA) is 64.3 Å². The van der Waals surface area contributed by atoms with E-state index in [4.69, 9.17) is 10.5 Å². The standard InChI is InChI=1S/C16H26N2O2/c1-11(2)20-16(19)15(18-4)10-14(12(3)17)13-8-6-5-7-9-13/h5-9,11-12,14-15,18H,10,17H2,1-4H3/t12-,14+,15+/m1/s1. The van der Waals surface area contributed by atoms with Gasteiger partial charge in [-0.2, -0.15) is 0 Å². The van der Waals surface area contributed by atoms with Gasteiger partial charge in [0.15, 0.2) is 0 Å². The Bertz CT molecular complexity index is 404. The fraction of sp³-hybridized carbons (Fsp3) is 0.562. The molecule has 3 atom stereocenters. The zero-order chi connectivity index (χ0) is 15.1. The lowest BCUT2D eigenvalue weighted by atomic mass is 9.87. The van der Waals surface area contributed by atoms with Crippen LogP contribution in [0.3, 0.4) is 0 Å². The third kappa shape index (κ3) is 4.94. The first-order valence-electron chi connectivity index (χ1n) is 7.14. The molecule has 4 nitrogen and oxygen atoms in total. The van der Waals surface area contributed by atoms with Crippen LogP contribution in [0.5, 0.6) is 0 Å².